The molecule has 1 aromatic carbocycles. The minimum absolute atomic E-state index is 0.713. The number of benzene rings is 1. The van der Waals surface area contributed by atoms with Crippen molar-refractivity contribution in [2.24, 2.45) is 0 Å². The SMILES string of the molecule is [CH]S(C)(C)(=O)c1ccccc1. The van der Waals surface area contributed by atoms with Crippen LogP contribution in [-0.2, 0) is 9.07 Å². The molecule has 0 amide bonds. The first-order chi connectivity index (χ1) is 4.86. The van der Waals surface area contributed by atoms with Crippen LogP contribution in [0.4, 0.5) is 0 Å². The van der Waals surface area contributed by atoms with Crippen LogP contribution in [0.15, 0.2) is 35.2 Å². The molecule has 0 N–H and O–H groups in total. The van der Waals surface area contributed by atoms with Crippen LogP contribution in [0.2, 0.25) is 0 Å². The summed E-state index contributed by atoms with van der Waals surface area (Å²) in [6.45, 7) is 0. The topological polar surface area (TPSA) is 17.1 Å². The van der Waals surface area contributed by atoms with Gasteiger partial charge in [0.05, 0.1) is 0 Å². The Bertz CT molecular complexity index is 297. The molecule has 1 aromatic rings. The minimum Gasteiger partial charge on any atom is -0.278 e. The lowest BCUT2D eigenvalue weighted by molar-refractivity contribution is 0.670. The molecule has 0 saturated heterocycles. The molecule has 2 heteroatoms. The molecule has 0 aliphatic rings. The molecule has 1 nitrogen and oxygen atoms in total. The van der Waals surface area contributed by atoms with Gasteiger partial charge in [-0.15, -0.1) is 0 Å². The number of hydrogen-bond donors (Lipinski definition) is 0. The second kappa shape index (κ2) is 2.18. The summed E-state index contributed by atoms with van der Waals surface area (Å²) in [5.74, 6) is 0. The minimum atomic E-state index is -3.01. The molecule has 11 heavy (non-hydrogen) atoms. The van der Waals surface area contributed by atoms with E-state index >= 15 is 0 Å². The Kier molecular flexibility index (Phi) is 1.67. The molecule has 0 unspecified atom stereocenters. The second-order valence-corrected chi connectivity index (χ2v) is 7.54. The fourth-order valence-electron chi connectivity index (χ4n) is 0.827. The molecule has 0 heterocycles. The van der Waals surface area contributed by atoms with E-state index < -0.39 is 9.07 Å². The van der Waals surface area contributed by atoms with E-state index in [2.05, 4.69) is 0 Å². The Labute approximate surface area is 67.8 Å². The number of rotatable bonds is 1. The van der Waals surface area contributed by atoms with Crippen LogP contribution >= 0.6 is 0 Å². The summed E-state index contributed by atoms with van der Waals surface area (Å²) >= 11 is 0. The van der Waals surface area contributed by atoms with E-state index in [4.69, 9.17) is 6.26 Å². The van der Waals surface area contributed by atoms with E-state index in [-0.39, 0.29) is 0 Å². The fraction of sp³-hybridized carbons (Fsp3) is 0.222. The normalized spacial score (nSPS) is 15.4. The van der Waals surface area contributed by atoms with Crippen LogP contribution in [-0.4, -0.2) is 16.7 Å². The van der Waals surface area contributed by atoms with Gasteiger partial charge in [-0.25, -0.2) is 0 Å². The van der Waals surface area contributed by atoms with Crippen molar-refractivity contribution >= 4 is 9.07 Å². The van der Waals surface area contributed by atoms with Gasteiger partial charge < -0.3 is 0 Å². The van der Waals surface area contributed by atoms with E-state index in [9.17, 15) is 4.21 Å². The zero-order valence-corrected chi connectivity index (χ0v) is 7.60. The molecule has 0 spiro atoms. The van der Waals surface area contributed by atoms with Crippen molar-refractivity contribution in [2.75, 3.05) is 12.5 Å². The van der Waals surface area contributed by atoms with Crippen LogP contribution in [0.5, 0.6) is 0 Å². The quantitative estimate of drug-likeness (QED) is 0.625. The third-order valence-corrected chi connectivity index (χ3v) is 3.13. The van der Waals surface area contributed by atoms with Gasteiger partial charge in [0.15, 0.2) is 0 Å². The summed E-state index contributed by atoms with van der Waals surface area (Å²) in [7, 11) is -3.01. The lowest BCUT2D eigenvalue weighted by atomic mass is 10.4. The van der Waals surface area contributed by atoms with Gasteiger partial charge in [-0.3, -0.25) is 4.21 Å². The smallest absolute Gasteiger partial charge is 0.0467 e. The molecule has 0 aromatic heterocycles. The molecule has 0 aliphatic heterocycles. The maximum Gasteiger partial charge on any atom is 0.0467 e. The molecule has 0 atom stereocenters. The van der Waals surface area contributed by atoms with E-state index in [1.54, 1.807) is 24.6 Å². The van der Waals surface area contributed by atoms with Crippen molar-refractivity contribution in [1.29, 1.82) is 0 Å². The van der Waals surface area contributed by atoms with E-state index in [0.717, 1.165) is 0 Å². The lowest BCUT2D eigenvalue weighted by Crippen LogP contribution is -2.24. The van der Waals surface area contributed by atoms with Crippen LogP contribution in [0.1, 0.15) is 0 Å². The monoisotopic (exact) mass is 168 g/mol. The third-order valence-electron chi connectivity index (χ3n) is 1.45. The Morgan fingerprint density at radius 1 is 1.18 bits per heavy atom. The first kappa shape index (κ1) is 8.47. The van der Waals surface area contributed by atoms with Gasteiger partial charge in [0.1, 0.15) is 0 Å². The summed E-state index contributed by atoms with van der Waals surface area (Å²) < 4.78 is 11.8. The van der Waals surface area contributed by atoms with Crippen LogP contribution < -0.4 is 0 Å². The summed E-state index contributed by atoms with van der Waals surface area (Å²) in [6, 6.07) is 9.12. The van der Waals surface area contributed by atoms with Gasteiger partial charge in [-0.05, 0) is 24.6 Å². The predicted octanol–water partition coefficient (Wildman–Crippen LogP) is 1.79. The maximum absolute atomic E-state index is 11.8. The van der Waals surface area contributed by atoms with Crippen molar-refractivity contribution in [3.63, 3.8) is 0 Å². The highest BCUT2D eigenvalue weighted by Crippen LogP contribution is 2.26. The highest BCUT2D eigenvalue weighted by Gasteiger charge is 2.20. The number of hydrogen-bond acceptors (Lipinski definition) is 1. The maximum atomic E-state index is 11.8. The zero-order valence-electron chi connectivity index (χ0n) is 6.78. The molecular formula is C9H12OS. The standard InChI is InChI=1S/C9H12OS/c1-11(2,3,10)9-7-5-4-6-8-9/h1,4-8H,2-3H3. The highest BCUT2D eigenvalue weighted by atomic mass is 32.3. The Morgan fingerprint density at radius 3 is 1.91 bits per heavy atom. The van der Waals surface area contributed by atoms with Crippen molar-refractivity contribution < 1.29 is 4.21 Å². The van der Waals surface area contributed by atoms with Gasteiger partial charge in [0.25, 0.3) is 0 Å². The lowest BCUT2D eigenvalue weighted by Gasteiger charge is -2.27. The Hall–Kier alpha value is -0.630. The largest absolute Gasteiger partial charge is 0.278 e. The van der Waals surface area contributed by atoms with Crippen molar-refractivity contribution in [1.82, 2.24) is 0 Å². The van der Waals surface area contributed by atoms with Gasteiger partial charge in [0.2, 0.25) is 0 Å². The molecule has 2 radical (unpaired) electrons. The Morgan fingerprint density at radius 2 is 1.64 bits per heavy atom. The molecule has 1 rings (SSSR count). The van der Waals surface area contributed by atoms with Gasteiger partial charge >= 0.3 is 0 Å². The average Bonchev–Trinajstić information content (AvgIpc) is 1.86. The van der Waals surface area contributed by atoms with E-state index in [1.807, 2.05) is 18.2 Å². The van der Waals surface area contributed by atoms with Crippen molar-refractivity contribution in [3.8, 4) is 0 Å². The van der Waals surface area contributed by atoms with Crippen molar-refractivity contribution in [3.05, 3.63) is 36.6 Å². The van der Waals surface area contributed by atoms with Crippen LogP contribution in [0.25, 0.3) is 0 Å². The van der Waals surface area contributed by atoms with E-state index in [0.29, 0.717) is 4.90 Å². The molecular weight excluding hydrogens is 156 g/mol. The summed E-state index contributed by atoms with van der Waals surface area (Å²) in [6.07, 6.45) is 8.80. The van der Waals surface area contributed by atoms with Crippen molar-refractivity contribution in [2.45, 2.75) is 4.90 Å². The zero-order chi connectivity index (χ0) is 8.56. The molecule has 60 valence electrons. The molecule has 0 bridgehead atoms. The highest BCUT2D eigenvalue weighted by molar-refractivity contribution is 8.19. The fourth-order valence-corrected chi connectivity index (χ4v) is 1.80. The predicted molar refractivity (Wildman–Crippen MR) is 49.0 cm³/mol. The first-order valence-corrected chi connectivity index (χ1v) is 6.18. The molecule has 0 saturated carbocycles. The van der Waals surface area contributed by atoms with Crippen LogP contribution in [0.3, 0.4) is 0 Å². The summed E-state index contributed by atoms with van der Waals surface area (Å²) in [4.78, 5) is 0.713. The third kappa shape index (κ3) is 2.15. The van der Waals surface area contributed by atoms with Gasteiger partial charge in [0, 0.05) is 11.2 Å². The summed E-state index contributed by atoms with van der Waals surface area (Å²) in [5, 5.41) is 0. The molecule has 0 aliphatic carbocycles. The molecule has 0 fully saturated rings. The van der Waals surface area contributed by atoms with Gasteiger partial charge in [-0.2, -0.15) is 0 Å². The average molecular weight is 168 g/mol. The van der Waals surface area contributed by atoms with Gasteiger partial charge in [-0.1, -0.05) is 27.3 Å². The van der Waals surface area contributed by atoms with Crippen LogP contribution in [0, 0.1) is 6.26 Å². The summed E-state index contributed by atoms with van der Waals surface area (Å²) in [5.41, 5.74) is 0. The Balaban J connectivity index is 3.26. The van der Waals surface area contributed by atoms with E-state index in [1.165, 1.54) is 0 Å². The second-order valence-electron chi connectivity index (χ2n) is 3.23. The first-order valence-electron chi connectivity index (χ1n) is 3.33.